The highest BCUT2D eigenvalue weighted by atomic mass is 35.5. The van der Waals surface area contributed by atoms with E-state index in [0.29, 0.717) is 24.4 Å². The minimum Gasteiger partial charge on any atom is -0.388 e. The minimum atomic E-state index is -0.647. The van der Waals surface area contributed by atoms with Crippen LogP contribution in [-0.2, 0) is 11.2 Å². The van der Waals surface area contributed by atoms with Crippen molar-refractivity contribution in [1.29, 1.82) is 0 Å². The molecule has 0 radical (unpaired) electrons. The van der Waals surface area contributed by atoms with E-state index in [-0.39, 0.29) is 5.91 Å². The predicted molar refractivity (Wildman–Crippen MR) is 71.6 cm³/mol. The van der Waals surface area contributed by atoms with E-state index in [1.807, 2.05) is 24.3 Å². The topological polar surface area (TPSA) is 49.3 Å². The summed E-state index contributed by atoms with van der Waals surface area (Å²) in [6, 6.07) is 7.52. The lowest BCUT2D eigenvalue weighted by atomic mass is 9.80. The summed E-state index contributed by atoms with van der Waals surface area (Å²) in [5.41, 5.74) is 0.408. The number of carbonyl (C=O) groups is 1. The smallest absolute Gasteiger partial charge is 0.220 e. The zero-order valence-electron chi connectivity index (χ0n) is 10.3. The molecule has 1 aromatic rings. The molecular weight excluding hydrogens is 250 g/mol. The van der Waals surface area contributed by atoms with Gasteiger partial charge >= 0.3 is 0 Å². The molecule has 0 bridgehead atoms. The van der Waals surface area contributed by atoms with Crippen LogP contribution in [0.3, 0.4) is 0 Å². The molecule has 1 fully saturated rings. The Morgan fingerprint density at radius 3 is 2.83 bits per heavy atom. The van der Waals surface area contributed by atoms with Gasteiger partial charge in [-0.25, -0.2) is 0 Å². The lowest BCUT2D eigenvalue weighted by molar-refractivity contribution is -0.123. The van der Waals surface area contributed by atoms with E-state index in [1.54, 1.807) is 0 Å². The maximum absolute atomic E-state index is 11.6. The molecule has 0 heterocycles. The summed E-state index contributed by atoms with van der Waals surface area (Å²) in [4.78, 5) is 11.6. The van der Waals surface area contributed by atoms with Crippen LogP contribution in [-0.4, -0.2) is 23.2 Å². The highest BCUT2D eigenvalue weighted by molar-refractivity contribution is 6.30. The Morgan fingerprint density at radius 2 is 2.22 bits per heavy atom. The van der Waals surface area contributed by atoms with Crippen LogP contribution in [0.5, 0.6) is 0 Å². The molecule has 98 valence electrons. The molecule has 2 rings (SSSR count). The Hall–Kier alpha value is -1.06. The second-order valence-electron chi connectivity index (χ2n) is 4.98. The Morgan fingerprint density at radius 1 is 1.44 bits per heavy atom. The van der Waals surface area contributed by atoms with E-state index in [2.05, 4.69) is 5.32 Å². The Balaban J connectivity index is 1.71. The molecule has 0 atom stereocenters. The summed E-state index contributed by atoms with van der Waals surface area (Å²) in [5, 5.41) is 13.3. The number of hydrogen-bond donors (Lipinski definition) is 2. The van der Waals surface area contributed by atoms with E-state index < -0.39 is 5.60 Å². The van der Waals surface area contributed by atoms with Crippen molar-refractivity contribution in [2.45, 2.75) is 37.7 Å². The predicted octanol–water partition coefficient (Wildman–Crippen LogP) is 2.30. The van der Waals surface area contributed by atoms with Crippen LogP contribution in [0.1, 0.15) is 31.2 Å². The molecule has 0 unspecified atom stereocenters. The number of benzene rings is 1. The van der Waals surface area contributed by atoms with Crippen molar-refractivity contribution in [2.24, 2.45) is 0 Å². The molecule has 0 aromatic heterocycles. The third kappa shape index (κ3) is 3.72. The molecule has 1 aliphatic rings. The van der Waals surface area contributed by atoms with Crippen molar-refractivity contribution < 1.29 is 9.90 Å². The van der Waals surface area contributed by atoms with Crippen LogP contribution >= 0.6 is 11.6 Å². The van der Waals surface area contributed by atoms with Gasteiger partial charge in [0.15, 0.2) is 0 Å². The summed E-state index contributed by atoms with van der Waals surface area (Å²) in [6.45, 7) is 0.376. The Bertz CT molecular complexity index is 430. The standard InChI is InChI=1S/C14H18ClNO2/c15-12-4-1-3-11(9-12)5-6-13(17)16-10-14(18)7-2-8-14/h1,3-4,9,18H,2,5-8,10H2,(H,16,17). The second-order valence-corrected chi connectivity index (χ2v) is 5.42. The number of carbonyl (C=O) groups excluding carboxylic acids is 1. The highest BCUT2D eigenvalue weighted by Gasteiger charge is 2.34. The molecule has 1 aliphatic carbocycles. The molecule has 1 aromatic carbocycles. The molecule has 2 N–H and O–H groups in total. The molecule has 1 saturated carbocycles. The van der Waals surface area contributed by atoms with E-state index in [0.717, 1.165) is 24.8 Å². The summed E-state index contributed by atoms with van der Waals surface area (Å²) in [7, 11) is 0. The van der Waals surface area contributed by atoms with Gasteiger partial charge in [-0.1, -0.05) is 23.7 Å². The lowest BCUT2D eigenvalue weighted by Gasteiger charge is -2.36. The number of rotatable bonds is 5. The maximum Gasteiger partial charge on any atom is 0.220 e. The van der Waals surface area contributed by atoms with Crippen LogP contribution in [0.15, 0.2) is 24.3 Å². The summed E-state index contributed by atoms with van der Waals surface area (Å²) in [6.07, 6.45) is 3.74. The third-order valence-electron chi connectivity index (χ3n) is 3.43. The highest BCUT2D eigenvalue weighted by Crippen LogP contribution is 2.30. The van der Waals surface area contributed by atoms with Crippen molar-refractivity contribution >= 4 is 17.5 Å². The van der Waals surface area contributed by atoms with Gasteiger partial charge in [-0.2, -0.15) is 0 Å². The monoisotopic (exact) mass is 267 g/mol. The Kier molecular flexibility index (Phi) is 4.25. The van der Waals surface area contributed by atoms with E-state index >= 15 is 0 Å². The first-order valence-electron chi connectivity index (χ1n) is 6.31. The van der Waals surface area contributed by atoms with E-state index in [4.69, 9.17) is 11.6 Å². The lowest BCUT2D eigenvalue weighted by Crippen LogP contribution is -2.47. The third-order valence-corrected chi connectivity index (χ3v) is 3.66. The van der Waals surface area contributed by atoms with E-state index in [1.165, 1.54) is 0 Å². The van der Waals surface area contributed by atoms with Gasteiger partial charge in [0.1, 0.15) is 0 Å². The van der Waals surface area contributed by atoms with Gasteiger partial charge < -0.3 is 10.4 Å². The summed E-state index contributed by atoms with van der Waals surface area (Å²) < 4.78 is 0. The normalized spacial score (nSPS) is 17.0. The first-order valence-corrected chi connectivity index (χ1v) is 6.69. The maximum atomic E-state index is 11.6. The van der Waals surface area contributed by atoms with Crippen LogP contribution in [0.4, 0.5) is 0 Å². The fourth-order valence-electron chi connectivity index (χ4n) is 2.06. The molecular formula is C14H18ClNO2. The molecule has 18 heavy (non-hydrogen) atoms. The largest absolute Gasteiger partial charge is 0.388 e. The first-order chi connectivity index (χ1) is 8.57. The van der Waals surface area contributed by atoms with Crippen LogP contribution < -0.4 is 5.32 Å². The number of hydrogen-bond acceptors (Lipinski definition) is 2. The fraction of sp³-hybridized carbons (Fsp3) is 0.500. The van der Waals surface area contributed by atoms with Gasteiger partial charge in [0.05, 0.1) is 5.60 Å². The molecule has 0 spiro atoms. The zero-order valence-corrected chi connectivity index (χ0v) is 11.0. The van der Waals surface area contributed by atoms with Gasteiger partial charge in [0.25, 0.3) is 0 Å². The Labute approximate surface area is 112 Å². The molecule has 0 aliphatic heterocycles. The van der Waals surface area contributed by atoms with Gasteiger partial charge in [0.2, 0.25) is 5.91 Å². The number of nitrogens with one attached hydrogen (secondary N) is 1. The van der Waals surface area contributed by atoms with Gasteiger partial charge in [-0.05, 0) is 43.4 Å². The SMILES string of the molecule is O=C(CCc1cccc(Cl)c1)NCC1(O)CCC1. The average Bonchev–Trinajstić information content (AvgIpc) is 2.31. The van der Waals surface area contributed by atoms with Crippen LogP contribution in [0.2, 0.25) is 5.02 Å². The molecule has 0 saturated heterocycles. The van der Waals surface area contributed by atoms with Crippen molar-refractivity contribution in [3.05, 3.63) is 34.9 Å². The molecule has 4 heteroatoms. The van der Waals surface area contributed by atoms with Crippen molar-refractivity contribution in [2.75, 3.05) is 6.54 Å². The van der Waals surface area contributed by atoms with Crippen molar-refractivity contribution in [1.82, 2.24) is 5.32 Å². The number of halogens is 1. The van der Waals surface area contributed by atoms with Crippen LogP contribution in [0, 0.1) is 0 Å². The minimum absolute atomic E-state index is 0.0182. The summed E-state index contributed by atoms with van der Waals surface area (Å²) >= 11 is 5.87. The number of aryl methyl sites for hydroxylation is 1. The number of aliphatic hydroxyl groups is 1. The molecule has 1 amide bonds. The van der Waals surface area contributed by atoms with Gasteiger partial charge in [-0.15, -0.1) is 0 Å². The van der Waals surface area contributed by atoms with Gasteiger partial charge in [0, 0.05) is 18.0 Å². The molecule has 3 nitrogen and oxygen atoms in total. The quantitative estimate of drug-likeness (QED) is 0.860. The van der Waals surface area contributed by atoms with Crippen LogP contribution in [0.25, 0.3) is 0 Å². The van der Waals surface area contributed by atoms with Gasteiger partial charge in [-0.3, -0.25) is 4.79 Å². The first kappa shape index (κ1) is 13.4. The fourth-order valence-corrected chi connectivity index (χ4v) is 2.28. The zero-order chi connectivity index (χ0) is 13.0. The summed E-state index contributed by atoms with van der Waals surface area (Å²) in [5.74, 6) is -0.0182. The van der Waals surface area contributed by atoms with Crippen molar-refractivity contribution in [3.63, 3.8) is 0 Å². The van der Waals surface area contributed by atoms with E-state index in [9.17, 15) is 9.90 Å². The second kappa shape index (κ2) is 5.72. The number of amides is 1. The average molecular weight is 268 g/mol. The van der Waals surface area contributed by atoms with Crippen molar-refractivity contribution in [3.8, 4) is 0 Å².